The average molecular weight is 424 g/mol. The standard InChI is InChI=1S/C15H21N6O3P.2C2H6/c1-3-24-25(2,23)21-10-8-20(9-11-21)15(22)13-6-4-12(5-7-13)14-16-18-19-17-14;2*1-2/h4-7H,3,8-11H2,1-2H3,(H,16,17,18,19);2*1-2H3. The summed E-state index contributed by atoms with van der Waals surface area (Å²) in [6.45, 7) is 14.0. The molecule has 9 nitrogen and oxygen atoms in total. The topological polar surface area (TPSA) is 104 Å². The average Bonchev–Trinajstić information content (AvgIpc) is 3.31. The molecule has 0 radical (unpaired) electrons. The fraction of sp³-hybridized carbons (Fsp3) is 0.579. The highest BCUT2D eigenvalue weighted by Gasteiger charge is 2.31. The highest BCUT2D eigenvalue weighted by molar-refractivity contribution is 7.55. The number of aromatic nitrogens is 4. The van der Waals surface area contributed by atoms with Crippen molar-refractivity contribution >= 4 is 13.4 Å². The fourth-order valence-electron chi connectivity index (χ4n) is 2.81. The number of tetrazole rings is 1. The van der Waals surface area contributed by atoms with E-state index in [9.17, 15) is 9.36 Å². The van der Waals surface area contributed by atoms with E-state index < -0.39 is 7.52 Å². The first-order valence-corrected chi connectivity index (χ1v) is 12.1. The van der Waals surface area contributed by atoms with Crippen molar-refractivity contribution in [2.24, 2.45) is 0 Å². The molecule has 2 aromatic rings. The maximum absolute atomic E-state index is 12.6. The van der Waals surface area contributed by atoms with Crippen molar-refractivity contribution in [3.05, 3.63) is 29.8 Å². The molecule has 162 valence electrons. The molecule has 1 aliphatic heterocycles. The van der Waals surface area contributed by atoms with Crippen molar-refractivity contribution < 1.29 is 13.9 Å². The molecule has 3 rings (SSSR count). The number of carbonyl (C=O) groups is 1. The summed E-state index contributed by atoms with van der Waals surface area (Å²) < 4.78 is 19.6. The van der Waals surface area contributed by atoms with Crippen molar-refractivity contribution in [1.82, 2.24) is 30.2 Å². The molecule has 1 fully saturated rings. The number of hydrogen-bond acceptors (Lipinski definition) is 6. The van der Waals surface area contributed by atoms with Crippen LogP contribution in [0.5, 0.6) is 0 Å². The molecule has 1 aromatic heterocycles. The van der Waals surface area contributed by atoms with Gasteiger partial charge in [-0.3, -0.25) is 9.36 Å². The highest BCUT2D eigenvalue weighted by Crippen LogP contribution is 2.47. The van der Waals surface area contributed by atoms with E-state index in [1.165, 1.54) is 0 Å². The molecule has 10 heteroatoms. The normalized spacial score (nSPS) is 16.0. The molecule has 0 bridgehead atoms. The molecule has 1 amide bonds. The number of aromatic amines is 1. The highest BCUT2D eigenvalue weighted by atomic mass is 31.2. The van der Waals surface area contributed by atoms with E-state index in [0.29, 0.717) is 44.2 Å². The maximum Gasteiger partial charge on any atom is 0.269 e. The second kappa shape index (κ2) is 12.5. The number of benzene rings is 1. The number of H-pyrrole nitrogens is 1. The van der Waals surface area contributed by atoms with Gasteiger partial charge in [-0.15, -0.1) is 10.2 Å². The molecule has 1 saturated heterocycles. The molecule has 0 saturated carbocycles. The zero-order valence-corrected chi connectivity index (χ0v) is 19.1. The number of piperazine rings is 1. The van der Waals surface area contributed by atoms with Crippen LogP contribution in [0, 0.1) is 0 Å². The van der Waals surface area contributed by atoms with Gasteiger partial charge in [-0.05, 0) is 24.3 Å². The zero-order valence-electron chi connectivity index (χ0n) is 18.3. The van der Waals surface area contributed by atoms with Crippen LogP contribution in [0.15, 0.2) is 24.3 Å². The summed E-state index contributed by atoms with van der Waals surface area (Å²) in [6, 6.07) is 7.10. The summed E-state index contributed by atoms with van der Waals surface area (Å²) in [5, 5.41) is 13.7. The van der Waals surface area contributed by atoms with Gasteiger partial charge in [0.2, 0.25) is 5.82 Å². The third-order valence-electron chi connectivity index (χ3n) is 4.16. The van der Waals surface area contributed by atoms with Gasteiger partial charge in [0.25, 0.3) is 13.4 Å². The van der Waals surface area contributed by atoms with Crippen molar-refractivity contribution in [3.8, 4) is 11.4 Å². The van der Waals surface area contributed by atoms with Gasteiger partial charge in [0.1, 0.15) is 0 Å². The van der Waals surface area contributed by atoms with E-state index in [1.807, 2.05) is 39.3 Å². The van der Waals surface area contributed by atoms with E-state index in [2.05, 4.69) is 20.6 Å². The van der Waals surface area contributed by atoms with Crippen molar-refractivity contribution in [3.63, 3.8) is 0 Å². The first kappa shape index (κ1) is 24.9. The van der Waals surface area contributed by atoms with E-state index >= 15 is 0 Å². The summed E-state index contributed by atoms with van der Waals surface area (Å²) in [7, 11) is -2.76. The van der Waals surface area contributed by atoms with Crippen molar-refractivity contribution in [1.29, 1.82) is 0 Å². The van der Waals surface area contributed by atoms with Gasteiger partial charge < -0.3 is 9.42 Å². The van der Waals surface area contributed by atoms with Gasteiger partial charge in [0, 0.05) is 44.0 Å². The minimum atomic E-state index is -2.76. The van der Waals surface area contributed by atoms with Gasteiger partial charge in [0.05, 0.1) is 6.61 Å². The number of hydrogen-bond donors (Lipinski definition) is 1. The van der Waals surface area contributed by atoms with Crippen LogP contribution in [0.2, 0.25) is 0 Å². The predicted octanol–water partition coefficient (Wildman–Crippen LogP) is 3.54. The lowest BCUT2D eigenvalue weighted by Crippen LogP contribution is -2.47. The van der Waals surface area contributed by atoms with Crippen LogP contribution >= 0.6 is 7.52 Å². The molecule has 29 heavy (non-hydrogen) atoms. The number of nitrogens with one attached hydrogen (secondary N) is 1. The van der Waals surface area contributed by atoms with Crippen LogP contribution < -0.4 is 0 Å². The van der Waals surface area contributed by atoms with Gasteiger partial charge in [-0.1, -0.05) is 39.8 Å². The third-order valence-corrected chi connectivity index (χ3v) is 6.33. The predicted molar refractivity (Wildman–Crippen MR) is 115 cm³/mol. The Morgan fingerprint density at radius 1 is 1.10 bits per heavy atom. The summed E-state index contributed by atoms with van der Waals surface area (Å²) in [6.07, 6.45) is 0. The minimum Gasteiger partial charge on any atom is -0.336 e. The first-order valence-electron chi connectivity index (χ1n) is 10.1. The quantitative estimate of drug-likeness (QED) is 0.732. The summed E-state index contributed by atoms with van der Waals surface area (Å²) in [5.74, 6) is 0.448. The molecular formula is C19H33N6O3P. The first-order chi connectivity index (χ1) is 14.0. The number of nitrogens with zero attached hydrogens (tertiary/aromatic N) is 5. The van der Waals surface area contributed by atoms with Gasteiger partial charge in [-0.25, -0.2) is 4.67 Å². The Kier molecular flexibility index (Phi) is 10.7. The van der Waals surface area contributed by atoms with Crippen LogP contribution in [-0.4, -0.2) is 75.6 Å². The Hall–Kier alpha value is -2.09. The lowest BCUT2D eigenvalue weighted by molar-refractivity contribution is 0.0687. The molecule has 0 spiro atoms. The maximum atomic E-state index is 12.6. The van der Waals surface area contributed by atoms with E-state index in [1.54, 1.807) is 35.8 Å². The number of carbonyl (C=O) groups excluding carboxylic acids is 1. The molecule has 1 N–H and O–H groups in total. The number of rotatable bonds is 5. The van der Waals surface area contributed by atoms with Gasteiger partial charge in [0.15, 0.2) is 0 Å². The Labute approximate surface area is 173 Å². The van der Waals surface area contributed by atoms with Gasteiger partial charge >= 0.3 is 0 Å². The lowest BCUT2D eigenvalue weighted by atomic mass is 10.1. The molecule has 1 aliphatic rings. The molecule has 1 aromatic carbocycles. The Balaban J connectivity index is 0.000000989. The Morgan fingerprint density at radius 3 is 2.17 bits per heavy atom. The van der Waals surface area contributed by atoms with Crippen LogP contribution in [-0.2, 0) is 9.09 Å². The van der Waals surface area contributed by atoms with E-state index in [4.69, 9.17) is 4.52 Å². The third kappa shape index (κ3) is 6.73. The van der Waals surface area contributed by atoms with E-state index in [0.717, 1.165) is 5.56 Å². The smallest absolute Gasteiger partial charge is 0.269 e. The molecule has 2 heterocycles. The monoisotopic (exact) mass is 424 g/mol. The molecular weight excluding hydrogens is 391 g/mol. The van der Waals surface area contributed by atoms with Crippen LogP contribution in [0.1, 0.15) is 45.0 Å². The largest absolute Gasteiger partial charge is 0.336 e. The molecule has 0 aliphatic carbocycles. The minimum absolute atomic E-state index is 0.0401. The SMILES string of the molecule is CC.CC.CCOP(C)(=O)N1CCN(C(=O)c2ccc(-c3nn[nH]n3)cc2)CC1. The van der Waals surface area contributed by atoms with Crippen molar-refractivity contribution in [2.75, 3.05) is 39.5 Å². The Morgan fingerprint density at radius 2 is 1.69 bits per heavy atom. The van der Waals surface area contributed by atoms with Crippen LogP contribution in [0.3, 0.4) is 0 Å². The zero-order chi connectivity index (χ0) is 21.9. The lowest BCUT2D eigenvalue weighted by Gasteiger charge is -2.37. The van der Waals surface area contributed by atoms with Gasteiger partial charge in [-0.2, -0.15) is 5.21 Å². The fourth-order valence-corrected chi connectivity index (χ4v) is 4.36. The van der Waals surface area contributed by atoms with E-state index in [-0.39, 0.29) is 5.91 Å². The number of amides is 1. The Bertz CT molecular complexity index is 759. The molecule has 1 unspecified atom stereocenters. The van der Waals surface area contributed by atoms with Crippen LogP contribution in [0.4, 0.5) is 0 Å². The summed E-state index contributed by atoms with van der Waals surface area (Å²) in [5.41, 5.74) is 1.39. The molecule has 1 atom stereocenters. The second-order valence-electron chi connectivity index (χ2n) is 5.78. The second-order valence-corrected chi connectivity index (χ2v) is 8.21. The summed E-state index contributed by atoms with van der Waals surface area (Å²) in [4.78, 5) is 14.4. The van der Waals surface area contributed by atoms with Crippen molar-refractivity contribution in [2.45, 2.75) is 34.6 Å². The van der Waals surface area contributed by atoms with Crippen LogP contribution in [0.25, 0.3) is 11.4 Å². The summed E-state index contributed by atoms with van der Waals surface area (Å²) >= 11 is 0.